The highest BCUT2D eigenvalue weighted by Gasteiger charge is 2.41. The summed E-state index contributed by atoms with van der Waals surface area (Å²) < 4.78 is 5.46. The van der Waals surface area contributed by atoms with Gasteiger partial charge in [-0.25, -0.2) is 19.9 Å². The molecule has 11 heteroatoms. The van der Waals surface area contributed by atoms with Gasteiger partial charge in [0.25, 0.3) is 0 Å². The molecule has 8 heterocycles. The van der Waals surface area contributed by atoms with Gasteiger partial charge >= 0.3 is 0 Å². The van der Waals surface area contributed by atoms with Crippen LogP contribution in [0.2, 0.25) is 0 Å². The summed E-state index contributed by atoms with van der Waals surface area (Å²) in [6.45, 7) is 4.38. The van der Waals surface area contributed by atoms with Crippen LogP contribution in [0.1, 0.15) is 55.0 Å². The Morgan fingerprint density at radius 1 is 1.05 bits per heavy atom. The van der Waals surface area contributed by atoms with Crippen molar-refractivity contribution in [2.75, 3.05) is 49.6 Å². The third-order valence-electron chi connectivity index (χ3n) is 9.57. The number of carbonyl (C=O) groups is 1. The van der Waals surface area contributed by atoms with Gasteiger partial charge in [-0.1, -0.05) is 6.07 Å². The van der Waals surface area contributed by atoms with Gasteiger partial charge in [-0.15, -0.1) is 0 Å². The molecule has 3 aromatic rings. The van der Waals surface area contributed by atoms with Crippen LogP contribution in [0.3, 0.4) is 0 Å². The fourth-order valence-electron chi connectivity index (χ4n) is 7.22. The Bertz CT molecular complexity index is 1480. The molecule has 1 amide bonds. The van der Waals surface area contributed by atoms with Crippen LogP contribution in [0.5, 0.6) is 0 Å². The number of hydrogen-bond acceptors (Lipinski definition) is 10. The van der Waals surface area contributed by atoms with E-state index in [1.54, 1.807) is 0 Å². The topological polar surface area (TPSA) is 120 Å². The van der Waals surface area contributed by atoms with Crippen molar-refractivity contribution in [3.8, 4) is 0 Å². The van der Waals surface area contributed by atoms with Gasteiger partial charge in [-0.05, 0) is 49.8 Å². The number of nitrogens with zero attached hydrogens (tertiary/aromatic N) is 7. The van der Waals surface area contributed by atoms with Crippen LogP contribution >= 0.6 is 0 Å². The number of likely N-dealkylation sites (tertiary alicyclic amines) is 1. The summed E-state index contributed by atoms with van der Waals surface area (Å²) in [4.78, 5) is 39.0. The Hall–Kier alpha value is -3.41. The van der Waals surface area contributed by atoms with Crippen LogP contribution in [0.15, 0.2) is 24.4 Å². The van der Waals surface area contributed by atoms with E-state index >= 15 is 0 Å². The van der Waals surface area contributed by atoms with E-state index in [4.69, 9.17) is 19.7 Å². The third kappa shape index (κ3) is 4.69. The molecule has 1 atom stereocenters. The van der Waals surface area contributed by atoms with E-state index in [2.05, 4.69) is 21.3 Å². The maximum Gasteiger partial charge on any atom is 0.237 e. The Labute approximate surface area is 238 Å². The van der Waals surface area contributed by atoms with Crippen LogP contribution in [0, 0.1) is 0 Å². The molecule has 4 fully saturated rings. The van der Waals surface area contributed by atoms with E-state index in [0.29, 0.717) is 62.4 Å². The molecule has 2 bridgehead atoms. The highest BCUT2D eigenvalue weighted by Crippen LogP contribution is 2.43. The SMILES string of the molecule is O=C(CN1CCC(O)C1)N1CCc2nc(Nc3ncc4cc(C5COC5)nc(N5C6CCC5CC6)c4n3)ccc2C1. The fraction of sp³-hybridized carbons (Fsp3) is 0.567. The number of pyridine rings is 2. The normalized spacial score (nSPS) is 26.0. The standard InChI is InChI=1S/C30H36N8O3/c39-23-7-9-36(14-23)15-27(40)37-10-8-24-18(13-37)1-6-26(32-24)34-30-31-12-19-11-25(20-16-41-17-20)33-29(28(19)35-30)38-21-2-3-22(38)5-4-21/h1,6,11-12,20-23,39H,2-5,7-10,13-17H2,(H,31,32,34,35). The monoisotopic (exact) mass is 556 g/mol. The second kappa shape index (κ2) is 10.1. The zero-order valence-corrected chi connectivity index (χ0v) is 23.2. The number of β-amino-alcohol motifs (C(OH)–C–C–N with tert-alkyl or cyclic N) is 1. The minimum atomic E-state index is -0.315. The first-order valence-corrected chi connectivity index (χ1v) is 15.0. The smallest absolute Gasteiger partial charge is 0.237 e. The first-order chi connectivity index (χ1) is 20.1. The Morgan fingerprint density at radius 2 is 1.88 bits per heavy atom. The summed E-state index contributed by atoms with van der Waals surface area (Å²) in [5.41, 5.74) is 4.04. The molecule has 0 saturated carbocycles. The maximum absolute atomic E-state index is 12.9. The molecule has 1 unspecified atom stereocenters. The molecule has 11 nitrogen and oxygen atoms in total. The number of hydrogen-bond donors (Lipinski definition) is 2. The number of aromatic nitrogens is 4. The first-order valence-electron chi connectivity index (χ1n) is 15.0. The van der Waals surface area contributed by atoms with Gasteiger partial charge in [-0.3, -0.25) is 9.69 Å². The van der Waals surface area contributed by atoms with Gasteiger partial charge < -0.3 is 25.0 Å². The number of amides is 1. The lowest BCUT2D eigenvalue weighted by Gasteiger charge is -2.30. The minimum absolute atomic E-state index is 0.111. The molecule has 0 spiro atoms. The lowest BCUT2D eigenvalue weighted by molar-refractivity contribution is -0.133. The van der Waals surface area contributed by atoms with Crippen molar-refractivity contribution in [1.82, 2.24) is 29.7 Å². The van der Waals surface area contributed by atoms with Crippen molar-refractivity contribution in [2.45, 2.75) is 69.2 Å². The average molecular weight is 557 g/mol. The zero-order valence-electron chi connectivity index (χ0n) is 23.2. The van der Waals surface area contributed by atoms with Crippen LogP contribution in [0.4, 0.5) is 17.6 Å². The Balaban J connectivity index is 1.02. The largest absolute Gasteiger partial charge is 0.392 e. The second-order valence-electron chi connectivity index (χ2n) is 12.3. The van der Waals surface area contributed by atoms with E-state index in [1.165, 1.54) is 25.7 Å². The number of ether oxygens (including phenoxy) is 1. The molecule has 8 rings (SSSR count). The van der Waals surface area contributed by atoms with Gasteiger partial charge in [-0.2, -0.15) is 0 Å². The summed E-state index contributed by atoms with van der Waals surface area (Å²) in [5, 5.41) is 14.1. The van der Waals surface area contributed by atoms with E-state index in [1.807, 2.05) is 28.1 Å². The summed E-state index contributed by atoms with van der Waals surface area (Å²) in [5.74, 6) is 2.66. The number of aliphatic hydroxyl groups excluding tert-OH is 1. The number of fused-ring (bicyclic) bond motifs is 4. The molecular formula is C30H36N8O3. The van der Waals surface area contributed by atoms with E-state index in [0.717, 1.165) is 59.9 Å². The molecule has 3 aromatic heterocycles. The van der Waals surface area contributed by atoms with Crippen molar-refractivity contribution in [3.63, 3.8) is 0 Å². The fourth-order valence-corrected chi connectivity index (χ4v) is 7.22. The molecule has 214 valence electrons. The van der Waals surface area contributed by atoms with Crippen LogP contribution in [0.25, 0.3) is 10.9 Å². The molecule has 0 radical (unpaired) electrons. The highest BCUT2D eigenvalue weighted by molar-refractivity contribution is 5.90. The predicted molar refractivity (Wildman–Crippen MR) is 153 cm³/mol. The lowest BCUT2D eigenvalue weighted by Crippen LogP contribution is -2.42. The van der Waals surface area contributed by atoms with Crippen molar-refractivity contribution in [1.29, 1.82) is 0 Å². The number of aliphatic hydroxyl groups is 1. The van der Waals surface area contributed by atoms with Crippen molar-refractivity contribution >= 4 is 34.4 Å². The van der Waals surface area contributed by atoms with Gasteiger partial charge in [0.1, 0.15) is 11.3 Å². The van der Waals surface area contributed by atoms with Crippen molar-refractivity contribution in [2.24, 2.45) is 0 Å². The molecule has 4 saturated heterocycles. The molecule has 0 aliphatic carbocycles. The zero-order chi connectivity index (χ0) is 27.5. The van der Waals surface area contributed by atoms with Crippen LogP contribution < -0.4 is 10.2 Å². The average Bonchev–Trinajstić information content (AvgIpc) is 3.67. The number of nitrogens with one attached hydrogen (secondary N) is 1. The molecule has 0 aromatic carbocycles. The molecule has 2 N–H and O–H groups in total. The van der Waals surface area contributed by atoms with Gasteiger partial charge in [0, 0.05) is 67.9 Å². The minimum Gasteiger partial charge on any atom is -0.392 e. The Kier molecular flexibility index (Phi) is 6.26. The van der Waals surface area contributed by atoms with Crippen molar-refractivity contribution in [3.05, 3.63) is 41.3 Å². The number of rotatable bonds is 6. The van der Waals surface area contributed by atoms with Gasteiger partial charge in [0.05, 0.1) is 31.6 Å². The first kappa shape index (κ1) is 25.3. The van der Waals surface area contributed by atoms with E-state index in [9.17, 15) is 9.90 Å². The second-order valence-corrected chi connectivity index (χ2v) is 12.3. The van der Waals surface area contributed by atoms with Crippen molar-refractivity contribution < 1.29 is 14.6 Å². The summed E-state index contributed by atoms with van der Waals surface area (Å²) in [6, 6.07) is 7.21. The summed E-state index contributed by atoms with van der Waals surface area (Å²) in [6.07, 6.45) is 7.94. The molecule has 5 aliphatic heterocycles. The van der Waals surface area contributed by atoms with Gasteiger partial charge in [0.2, 0.25) is 11.9 Å². The maximum atomic E-state index is 12.9. The molecular weight excluding hydrogens is 520 g/mol. The Morgan fingerprint density at radius 3 is 2.61 bits per heavy atom. The highest BCUT2D eigenvalue weighted by atomic mass is 16.5. The number of anilines is 3. The molecule has 41 heavy (non-hydrogen) atoms. The third-order valence-corrected chi connectivity index (χ3v) is 9.57. The van der Waals surface area contributed by atoms with E-state index < -0.39 is 0 Å². The predicted octanol–water partition coefficient (Wildman–Crippen LogP) is 2.36. The van der Waals surface area contributed by atoms with Gasteiger partial charge in [0.15, 0.2) is 5.82 Å². The van der Waals surface area contributed by atoms with Crippen LogP contribution in [-0.2, 0) is 22.5 Å². The lowest BCUT2D eigenvalue weighted by atomic mass is 10.0. The number of carbonyl (C=O) groups excluding carboxylic acids is 1. The molecule has 5 aliphatic rings. The summed E-state index contributed by atoms with van der Waals surface area (Å²) in [7, 11) is 0. The summed E-state index contributed by atoms with van der Waals surface area (Å²) >= 11 is 0. The van der Waals surface area contributed by atoms with E-state index in [-0.39, 0.29) is 12.0 Å². The quantitative estimate of drug-likeness (QED) is 0.468. The van der Waals surface area contributed by atoms with Crippen LogP contribution in [-0.4, -0.2) is 98.3 Å².